The minimum Gasteiger partial charge on any atom is -0.480 e. The van der Waals surface area contributed by atoms with Crippen molar-refractivity contribution in [1.82, 2.24) is 5.32 Å². The Morgan fingerprint density at radius 3 is 2.00 bits per heavy atom. The number of thiol groups is 1. The first-order chi connectivity index (χ1) is 10.9. The molecule has 0 aromatic rings. The molecule has 0 bridgehead atoms. The van der Waals surface area contributed by atoms with Gasteiger partial charge in [-0.2, -0.15) is 12.6 Å². The molecule has 0 aliphatic rings. The Hall–Kier alpha value is -1.00. The van der Waals surface area contributed by atoms with Crippen LogP contribution >= 0.6 is 12.6 Å². The van der Waals surface area contributed by atoms with E-state index in [1.54, 1.807) is 0 Å². The van der Waals surface area contributed by atoms with E-state index in [0.29, 0.717) is 12.3 Å². The molecule has 0 unspecified atom stereocenters. The molecule has 4 heteroatoms. The summed E-state index contributed by atoms with van der Waals surface area (Å²) in [6.07, 6.45) is 12.1. The van der Waals surface area contributed by atoms with Gasteiger partial charge in [0.15, 0.2) is 0 Å². The lowest BCUT2D eigenvalue weighted by Crippen LogP contribution is -2.38. The molecule has 0 saturated carbocycles. The van der Waals surface area contributed by atoms with Crippen LogP contribution in [0, 0.1) is 0 Å². The zero-order valence-corrected chi connectivity index (χ0v) is 16.0. The molecule has 0 aromatic carbocycles. The van der Waals surface area contributed by atoms with Crippen LogP contribution in [-0.2, 0) is 4.79 Å². The maximum atomic E-state index is 10.8. The summed E-state index contributed by atoms with van der Waals surface area (Å²) in [6.45, 7) is 9.28. The first-order valence-corrected chi connectivity index (χ1v) is 9.01. The fourth-order valence-electron chi connectivity index (χ4n) is 2.14. The van der Waals surface area contributed by atoms with Crippen LogP contribution in [0.25, 0.3) is 0 Å². The second-order valence-corrected chi connectivity index (χ2v) is 6.64. The number of hydrogen-bond donors (Lipinski definition) is 3. The Balaban J connectivity index is 3.94. The van der Waals surface area contributed by atoms with E-state index < -0.39 is 12.0 Å². The molecule has 0 aromatic heterocycles. The van der Waals surface area contributed by atoms with Gasteiger partial charge in [-0.3, -0.25) is 4.79 Å². The maximum absolute atomic E-state index is 10.8. The van der Waals surface area contributed by atoms with Crippen LogP contribution in [0.1, 0.15) is 59.8 Å². The molecule has 0 rings (SSSR count). The van der Waals surface area contributed by atoms with Crippen LogP contribution in [-0.4, -0.2) is 29.4 Å². The summed E-state index contributed by atoms with van der Waals surface area (Å²) in [5, 5.41) is 11.9. The second-order valence-electron chi connectivity index (χ2n) is 6.28. The van der Waals surface area contributed by atoms with Crippen molar-refractivity contribution >= 4 is 18.6 Å². The van der Waals surface area contributed by atoms with Crippen LogP contribution < -0.4 is 5.32 Å². The molecule has 2 N–H and O–H groups in total. The topological polar surface area (TPSA) is 49.3 Å². The smallest absolute Gasteiger partial charge is 0.321 e. The summed E-state index contributed by atoms with van der Waals surface area (Å²) < 4.78 is 0. The molecule has 0 saturated heterocycles. The predicted molar refractivity (Wildman–Crippen MR) is 103 cm³/mol. The fourth-order valence-corrected chi connectivity index (χ4v) is 2.43. The maximum Gasteiger partial charge on any atom is 0.321 e. The van der Waals surface area contributed by atoms with Crippen molar-refractivity contribution in [3.63, 3.8) is 0 Å². The number of carboxylic acid groups (broad SMARTS) is 1. The van der Waals surface area contributed by atoms with E-state index in [9.17, 15) is 4.79 Å². The van der Waals surface area contributed by atoms with Crippen molar-refractivity contribution in [3.05, 3.63) is 34.9 Å². The first kappa shape index (κ1) is 22.0. The number of carbonyl (C=O) groups is 1. The molecule has 1 atom stereocenters. The van der Waals surface area contributed by atoms with E-state index in [-0.39, 0.29) is 0 Å². The second kappa shape index (κ2) is 13.4. The molecular weight excluding hydrogens is 306 g/mol. The highest BCUT2D eigenvalue weighted by atomic mass is 32.1. The average molecular weight is 340 g/mol. The molecule has 0 radical (unpaired) electrons. The molecule has 23 heavy (non-hydrogen) atoms. The molecule has 0 fully saturated rings. The normalized spacial score (nSPS) is 13.8. The zero-order valence-electron chi connectivity index (χ0n) is 15.1. The number of aliphatic carboxylic acids is 1. The minimum absolute atomic E-state index is 0.314. The van der Waals surface area contributed by atoms with Crippen molar-refractivity contribution in [1.29, 1.82) is 0 Å². The third-order valence-electron chi connectivity index (χ3n) is 3.63. The van der Waals surface area contributed by atoms with Crippen LogP contribution in [0.2, 0.25) is 0 Å². The summed E-state index contributed by atoms with van der Waals surface area (Å²) in [7, 11) is 0. The van der Waals surface area contributed by atoms with Gasteiger partial charge in [-0.05, 0) is 66.3 Å². The van der Waals surface area contributed by atoms with Gasteiger partial charge in [0, 0.05) is 5.75 Å². The Bertz CT molecular complexity index is 435. The van der Waals surface area contributed by atoms with Gasteiger partial charge in [0.1, 0.15) is 6.04 Å². The Kier molecular flexibility index (Phi) is 12.9. The van der Waals surface area contributed by atoms with E-state index >= 15 is 0 Å². The van der Waals surface area contributed by atoms with Gasteiger partial charge in [0.05, 0.1) is 0 Å². The van der Waals surface area contributed by atoms with E-state index in [4.69, 9.17) is 5.11 Å². The fraction of sp³-hybridized carbons (Fsp3) is 0.632. The molecule has 0 heterocycles. The van der Waals surface area contributed by atoms with Crippen LogP contribution in [0.15, 0.2) is 34.9 Å². The van der Waals surface area contributed by atoms with Gasteiger partial charge in [-0.1, -0.05) is 34.9 Å². The standard InChI is InChI=1S/C19H33NO2S/c1-15(2)8-5-9-16(3)10-6-11-17(4)12-7-13-20-18(14-23)19(21)22/h8,10,12,18,20,23H,5-7,9,11,13-14H2,1-4H3,(H,21,22)/t18-/m0/s1. The van der Waals surface area contributed by atoms with Crippen molar-refractivity contribution in [2.75, 3.05) is 12.3 Å². The van der Waals surface area contributed by atoms with Crippen molar-refractivity contribution in [2.24, 2.45) is 0 Å². The summed E-state index contributed by atoms with van der Waals surface area (Å²) in [6, 6.07) is -0.557. The van der Waals surface area contributed by atoms with E-state index in [2.05, 4.69) is 63.9 Å². The van der Waals surface area contributed by atoms with Crippen molar-refractivity contribution in [3.8, 4) is 0 Å². The average Bonchev–Trinajstić information content (AvgIpc) is 2.46. The lowest BCUT2D eigenvalue weighted by molar-refractivity contribution is -0.138. The van der Waals surface area contributed by atoms with E-state index in [1.807, 2.05) is 0 Å². The first-order valence-electron chi connectivity index (χ1n) is 8.38. The molecule has 0 aliphatic carbocycles. The third kappa shape index (κ3) is 13.2. The van der Waals surface area contributed by atoms with Gasteiger partial charge >= 0.3 is 5.97 Å². The van der Waals surface area contributed by atoms with Crippen LogP contribution in [0.4, 0.5) is 0 Å². The largest absolute Gasteiger partial charge is 0.480 e. The molecular formula is C19H33NO2S. The van der Waals surface area contributed by atoms with Crippen molar-refractivity contribution < 1.29 is 9.90 Å². The molecule has 3 nitrogen and oxygen atoms in total. The summed E-state index contributed by atoms with van der Waals surface area (Å²) in [4.78, 5) is 10.8. The summed E-state index contributed by atoms with van der Waals surface area (Å²) in [5.74, 6) is -0.524. The zero-order chi connectivity index (χ0) is 17.7. The molecule has 132 valence electrons. The molecule has 0 amide bonds. The van der Waals surface area contributed by atoms with Gasteiger partial charge in [-0.15, -0.1) is 0 Å². The highest BCUT2D eigenvalue weighted by Gasteiger charge is 2.12. The highest BCUT2D eigenvalue weighted by molar-refractivity contribution is 7.80. The van der Waals surface area contributed by atoms with Gasteiger partial charge in [0.25, 0.3) is 0 Å². The monoisotopic (exact) mass is 339 g/mol. The number of carboxylic acids is 1. The molecule has 0 spiro atoms. The molecule has 0 aliphatic heterocycles. The predicted octanol–water partition coefficient (Wildman–Crippen LogP) is 4.77. The minimum atomic E-state index is -0.838. The Morgan fingerprint density at radius 1 is 1.00 bits per heavy atom. The summed E-state index contributed by atoms with van der Waals surface area (Å²) >= 11 is 4.03. The van der Waals surface area contributed by atoms with Gasteiger partial charge < -0.3 is 10.4 Å². The van der Waals surface area contributed by atoms with Crippen LogP contribution in [0.3, 0.4) is 0 Å². The SMILES string of the molecule is CC(C)=CCCC(C)=CCCC(C)=CCCN[C@@H](CS)C(=O)O. The third-order valence-corrected chi connectivity index (χ3v) is 4.00. The summed E-state index contributed by atoms with van der Waals surface area (Å²) in [5.41, 5.74) is 4.20. The van der Waals surface area contributed by atoms with Gasteiger partial charge in [0.2, 0.25) is 0 Å². The van der Waals surface area contributed by atoms with E-state index in [1.165, 1.54) is 16.7 Å². The van der Waals surface area contributed by atoms with Crippen LogP contribution in [0.5, 0.6) is 0 Å². The number of rotatable bonds is 12. The quantitative estimate of drug-likeness (QED) is 0.273. The Morgan fingerprint density at radius 2 is 1.52 bits per heavy atom. The lowest BCUT2D eigenvalue weighted by atomic mass is 10.1. The number of allylic oxidation sites excluding steroid dienone is 5. The Labute approximate surface area is 147 Å². The number of nitrogens with one attached hydrogen (secondary N) is 1. The van der Waals surface area contributed by atoms with E-state index in [0.717, 1.165) is 32.1 Å². The van der Waals surface area contributed by atoms with Gasteiger partial charge in [-0.25, -0.2) is 0 Å². The van der Waals surface area contributed by atoms with Crippen molar-refractivity contribution in [2.45, 2.75) is 65.8 Å². The number of hydrogen-bond acceptors (Lipinski definition) is 3. The highest BCUT2D eigenvalue weighted by Crippen LogP contribution is 2.11. The lowest BCUT2D eigenvalue weighted by Gasteiger charge is -2.10.